The maximum atomic E-state index is 13.8. The maximum absolute atomic E-state index is 13.8. The van der Waals surface area contributed by atoms with Crippen molar-refractivity contribution in [1.82, 2.24) is 23.9 Å². The van der Waals surface area contributed by atoms with Gasteiger partial charge in [0.2, 0.25) is 11.8 Å². The van der Waals surface area contributed by atoms with Gasteiger partial charge in [0.05, 0.1) is 17.5 Å². The molecular formula is C32H34ClN5O4. The fourth-order valence-electron chi connectivity index (χ4n) is 6.40. The summed E-state index contributed by atoms with van der Waals surface area (Å²) in [6.45, 7) is 3.56. The minimum absolute atomic E-state index is 0.0225. The number of carbonyl (C=O) groups is 2. The number of amides is 2. The molecule has 2 amide bonds. The average Bonchev–Trinajstić information content (AvgIpc) is 3.44. The van der Waals surface area contributed by atoms with Crippen LogP contribution in [0.3, 0.4) is 0 Å². The van der Waals surface area contributed by atoms with Crippen molar-refractivity contribution in [3.8, 4) is 5.69 Å². The van der Waals surface area contributed by atoms with Crippen LogP contribution in [0.15, 0.2) is 78.0 Å². The van der Waals surface area contributed by atoms with Gasteiger partial charge in [0, 0.05) is 61.8 Å². The predicted octanol–water partition coefficient (Wildman–Crippen LogP) is 3.85. The molecule has 42 heavy (non-hydrogen) atoms. The highest BCUT2D eigenvalue weighted by atomic mass is 35.5. The number of aromatic nitrogens is 3. The van der Waals surface area contributed by atoms with E-state index in [1.54, 1.807) is 31.3 Å². The molecule has 0 bridgehead atoms. The van der Waals surface area contributed by atoms with Crippen molar-refractivity contribution < 1.29 is 14.7 Å². The summed E-state index contributed by atoms with van der Waals surface area (Å²) in [5, 5.41) is 12.6. The normalized spacial score (nSPS) is 20.5. The van der Waals surface area contributed by atoms with E-state index in [1.807, 2.05) is 56.8 Å². The smallest absolute Gasteiger partial charge is 0.262 e. The molecule has 9 nitrogen and oxygen atoms in total. The number of carbonyl (C=O) groups excluding carboxylic acids is 2. The van der Waals surface area contributed by atoms with E-state index in [4.69, 9.17) is 11.6 Å². The Bertz CT molecular complexity index is 1660. The van der Waals surface area contributed by atoms with Crippen LogP contribution in [0, 0.1) is 5.92 Å². The first kappa shape index (κ1) is 28.2. The van der Waals surface area contributed by atoms with Crippen LogP contribution in [0.4, 0.5) is 0 Å². The second-order valence-corrected chi connectivity index (χ2v) is 11.9. The van der Waals surface area contributed by atoms with Gasteiger partial charge in [-0.1, -0.05) is 41.9 Å². The van der Waals surface area contributed by atoms with E-state index in [0.29, 0.717) is 61.5 Å². The SMILES string of the molecule is CC(=O)N1CC[C@@H](C(=O)N2CCC(O)(Cn3cnc4c(ccn4-c4ccc(Cl)cc4)c3=O)CC2)[C@H](c2ccccc2)C1. The third-order valence-electron chi connectivity index (χ3n) is 8.85. The van der Waals surface area contributed by atoms with Gasteiger partial charge in [-0.3, -0.25) is 19.0 Å². The van der Waals surface area contributed by atoms with E-state index >= 15 is 0 Å². The summed E-state index contributed by atoms with van der Waals surface area (Å²) < 4.78 is 3.30. The van der Waals surface area contributed by atoms with Crippen LogP contribution in [0.1, 0.15) is 37.7 Å². The van der Waals surface area contributed by atoms with Gasteiger partial charge >= 0.3 is 0 Å². The number of likely N-dealkylation sites (tertiary alicyclic amines) is 2. The van der Waals surface area contributed by atoms with E-state index in [9.17, 15) is 19.5 Å². The Hall–Kier alpha value is -3.95. The second kappa shape index (κ2) is 11.4. The van der Waals surface area contributed by atoms with E-state index in [2.05, 4.69) is 4.98 Å². The van der Waals surface area contributed by atoms with Crippen molar-refractivity contribution in [2.24, 2.45) is 5.92 Å². The minimum Gasteiger partial charge on any atom is -0.388 e. The summed E-state index contributed by atoms with van der Waals surface area (Å²) in [7, 11) is 0. The third-order valence-corrected chi connectivity index (χ3v) is 9.10. The molecule has 2 fully saturated rings. The number of piperidine rings is 2. The fraction of sp³-hybridized carbons (Fsp3) is 0.375. The van der Waals surface area contributed by atoms with E-state index in [1.165, 1.54) is 10.9 Å². The van der Waals surface area contributed by atoms with Gasteiger partial charge in [-0.2, -0.15) is 0 Å². The van der Waals surface area contributed by atoms with Crippen LogP contribution >= 0.6 is 11.6 Å². The van der Waals surface area contributed by atoms with E-state index < -0.39 is 5.60 Å². The first-order valence-electron chi connectivity index (χ1n) is 14.4. The number of fused-ring (bicyclic) bond motifs is 1. The quantitative estimate of drug-likeness (QED) is 0.382. The number of benzene rings is 2. The van der Waals surface area contributed by atoms with Gasteiger partial charge in [-0.25, -0.2) is 4.98 Å². The predicted molar refractivity (Wildman–Crippen MR) is 161 cm³/mol. The van der Waals surface area contributed by atoms with Crippen LogP contribution < -0.4 is 5.56 Å². The van der Waals surface area contributed by atoms with Gasteiger partial charge in [0.25, 0.3) is 5.56 Å². The zero-order valence-electron chi connectivity index (χ0n) is 23.5. The molecule has 2 aliphatic rings. The molecule has 2 saturated heterocycles. The lowest BCUT2D eigenvalue weighted by Gasteiger charge is -2.43. The van der Waals surface area contributed by atoms with Crippen LogP contribution in [0.25, 0.3) is 16.7 Å². The molecule has 10 heteroatoms. The Balaban J connectivity index is 1.15. The number of rotatable bonds is 5. The first-order chi connectivity index (χ1) is 20.2. The molecule has 0 aliphatic carbocycles. The lowest BCUT2D eigenvalue weighted by atomic mass is 9.79. The van der Waals surface area contributed by atoms with Crippen LogP contribution in [-0.2, 0) is 16.1 Å². The average molecular weight is 588 g/mol. The minimum atomic E-state index is -1.13. The summed E-state index contributed by atoms with van der Waals surface area (Å²) in [4.78, 5) is 47.5. The van der Waals surface area contributed by atoms with Gasteiger partial charge in [0.15, 0.2) is 5.65 Å². The molecule has 4 aromatic rings. The number of hydrogen-bond acceptors (Lipinski definition) is 5. The van der Waals surface area contributed by atoms with E-state index in [-0.39, 0.29) is 35.8 Å². The van der Waals surface area contributed by atoms with Crippen LogP contribution in [0.2, 0.25) is 5.02 Å². The fourth-order valence-corrected chi connectivity index (χ4v) is 6.53. The van der Waals surface area contributed by atoms with Gasteiger partial charge in [-0.05, 0) is 55.2 Å². The topological polar surface area (TPSA) is 101 Å². The standard InChI is InChI=1S/C32H34ClN5O4/c1-22(39)36-15-11-26(28(19-36)23-5-3-2-4-6-23)30(40)35-17-13-32(42,14-18-35)20-37-21-34-29-27(31(37)41)12-16-38(29)25-9-7-24(33)8-10-25/h2-10,12,16,21,26,28,42H,11,13-15,17-20H2,1H3/t26-,28+/m1/s1. The first-order valence-corrected chi connectivity index (χ1v) is 14.7. The van der Waals surface area contributed by atoms with Gasteiger partial charge in [0.1, 0.15) is 6.33 Å². The number of aliphatic hydroxyl groups is 1. The molecule has 0 unspecified atom stereocenters. The largest absolute Gasteiger partial charge is 0.388 e. The zero-order valence-corrected chi connectivity index (χ0v) is 24.3. The van der Waals surface area contributed by atoms with Crippen molar-refractivity contribution in [3.05, 3.63) is 94.1 Å². The van der Waals surface area contributed by atoms with Crippen molar-refractivity contribution in [2.45, 2.75) is 44.2 Å². The molecule has 2 atom stereocenters. The van der Waals surface area contributed by atoms with Gasteiger partial charge in [-0.15, -0.1) is 0 Å². The van der Waals surface area contributed by atoms with E-state index in [0.717, 1.165) is 11.3 Å². The molecule has 2 aliphatic heterocycles. The van der Waals surface area contributed by atoms with Crippen LogP contribution in [-0.4, -0.2) is 72.6 Å². The summed E-state index contributed by atoms with van der Waals surface area (Å²) >= 11 is 6.02. The number of nitrogens with zero attached hydrogens (tertiary/aromatic N) is 5. The number of hydrogen-bond donors (Lipinski definition) is 1. The highest BCUT2D eigenvalue weighted by molar-refractivity contribution is 6.30. The summed E-state index contributed by atoms with van der Waals surface area (Å²) in [6.07, 6.45) is 4.61. The van der Waals surface area contributed by atoms with Crippen molar-refractivity contribution >= 4 is 34.4 Å². The monoisotopic (exact) mass is 587 g/mol. The second-order valence-electron chi connectivity index (χ2n) is 11.5. The summed E-state index contributed by atoms with van der Waals surface area (Å²) in [5.74, 6) is -0.214. The molecular weight excluding hydrogens is 554 g/mol. The Morgan fingerprint density at radius 1 is 1.00 bits per heavy atom. The van der Waals surface area contributed by atoms with Crippen LogP contribution in [0.5, 0.6) is 0 Å². The van der Waals surface area contributed by atoms with Crippen molar-refractivity contribution in [2.75, 3.05) is 26.2 Å². The number of halogens is 1. The molecule has 4 heterocycles. The molecule has 218 valence electrons. The Morgan fingerprint density at radius 3 is 2.40 bits per heavy atom. The Labute approximate surface area is 248 Å². The molecule has 6 rings (SSSR count). The molecule has 0 radical (unpaired) electrons. The Kier molecular flexibility index (Phi) is 7.64. The molecule has 1 N–H and O–H groups in total. The summed E-state index contributed by atoms with van der Waals surface area (Å²) in [6, 6.07) is 19.0. The Morgan fingerprint density at radius 2 is 1.71 bits per heavy atom. The van der Waals surface area contributed by atoms with Crippen molar-refractivity contribution in [1.29, 1.82) is 0 Å². The molecule has 0 saturated carbocycles. The molecule has 2 aromatic carbocycles. The molecule has 0 spiro atoms. The van der Waals surface area contributed by atoms with Gasteiger partial charge < -0.3 is 19.5 Å². The van der Waals surface area contributed by atoms with Crippen molar-refractivity contribution in [3.63, 3.8) is 0 Å². The summed E-state index contributed by atoms with van der Waals surface area (Å²) in [5.41, 5.74) is 1.09. The lowest BCUT2D eigenvalue weighted by Crippen LogP contribution is -2.53. The maximum Gasteiger partial charge on any atom is 0.262 e. The highest BCUT2D eigenvalue weighted by Gasteiger charge is 2.41. The zero-order chi connectivity index (χ0) is 29.4. The highest BCUT2D eigenvalue weighted by Crippen LogP contribution is 2.35. The third kappa shape index (κ3) is 5.46. The molecule has 2 aromatic heterocycles. The lowest BCUT2D eigenvalue weighted by molar-refractivity contribution is -0.145.